The van der Waals surface area contributed by atoms with Crippen LogP contribution in [-0.2, 0) is 11.3 Å². The van der Waals surface area contributed by atoms with Gasteiger partial charge in [-0.3, -0.25) is 4.79 Å². The summed E-state index contributed by atoms with van der Waals surface area (Å²) < 4.78 is 20.1. The first-order valence-corrected chi connectivity index (χ1v) is 9.24. The molecule has 0 atom stereocenters. The smallest absolute Gasteiger partial charge is 0.248 e. The molecule has 4 rings (SSSR count). The average molecular weight is 403 g/mol. The first-order chi connectivity index (χ1) is 14.6. The van der Waals surface area contributed by atoms with Crippen molar-refractivity contribution in [1.82, 2.24) is 20.2 Å². The van der Waals surface area contributed by atoms with Crippen molar-refractivity contribution >= 4 is 11.6 Å². The summed E-state index contributed by atoms with van der Waals surface area (Å²) in [5.74, 6) is 0.0112. The monoisotopic (exact) mass is 403 g/mol. The van der Waals surface area contributed by atoms with Gasteiger partial charge >= 0.3 is 0 Å². The number of aryl methyl sites for hydroxylation is 1. The molecule has 0 aliphatic carbocycles. The minimum atomic E-state index is -0.608. The Morgan fingerprint density at radius 1 is 1.03 bits per heavy atom. The molecule has 150 valence electrons. The molecule has 0 fully saturated rings. The molecule has 30 heavy (non-hydrogen) atoms. The van der Waals surface area contributed by atoms with Gasteiger partial charge in [-0.2, -0.15) is 4.80 Å². The standard InChI is InChI=1S/C22H18FN5O2/c1-15-10-12-16(13-11-15)22-25-27-28(26-22)14-20(29)24-21-18(23)8-5-9-19(21)30-17-6-3-2-4-7-17/h2-13H,14H2,1H3,(H,24,29). The number of ether oxygens (including phenoxy) is 1. The van der Waals surface area contributed by atoms with Crippen LogP contribution < -0.4 is 10.1 Å². The van der Waals surface area contributed by atoms with Crippen molar-refractivity contribution in [1.29, 1.82) is 0 Å². The fourth-order valence-electron chi connectivity index (χ4n) is 2.76. The van der Waals surface area contributed by atoms with E-state index in [1.54, 1.807) is 30.3 Å². The number of nitrogens with one attached hydrogen (secondary N) is 1. The molecule has 1 aromatic heterocycles. The molecule has 0 saturated carbocycles. The quantitative estimate of drug-likeness (QED) is 0.521. The number of rotatable bonds is 6. The minimum Gasteiger partial charge on any atom is -0.455 e. The van der Waals surface area contributed by atoms with E-state index in [2.05, 4.69) is 20.7 Å². The van der Waals surface area contributed by atoms with Gasteiger partial charge in [-0.05, 0) is 36.4 Å². The van der Waals surface area contributed by atoms with Crippen LogP contribution in [0.1, 0.15) is 5.56 Å². The van der Waals surface area contributed by atoms with Crippen LogP contribution in [0.4, 0.5) is 10.1 Å². The van der Waals surface area contributed by atoms with Crippen LogP contribution in [0.2, 0.25) is 0 Å². The molecule has 0 spiro atoms. The SMILES string of the molecule is Cc1ccc(-c2nnn(CC(=O)Nc3c(F)cccc3Oc3ccccc3)n2)cc1. The lowest BCUT2D eigenvalue weighted by Gasteiger charge is -2.12. The fraction of sp³-hybridized carbons (Fsp3) is 0.0909. The van der Waals surface area contributed by atoms with E-state index in [4.69, 9.17) is 4.74 Å². The number of amides is 1. The lowest BCUT2D eigenvalue weighted by Crippen LogP contribution is -2.21. The molecule has 0 unspecified atom stereocenters. The number of hydrogen-bond acceptors (Lipinski definition) is 5. The summed E-state index contributed by atoms with van der Waals surface area (Å²) >= 11 is 0. The zero-order valence-electron chi connectivity index (χ0n) is 16.1. The van der Waals surface area contributed by atoms with Gasteiger partial charge in [-0.1, -0.05) is 54.1 Å². The Hall–Kier alpha value is -4.07. The fourth-order valence-corrected chi connectivity index (χ4v) is 2.76. The lowest BCUT2D eigenvalue weighted by atomic mass is 10.1. The number of hydrogen-bond donors (Lipinski definition) is 1. The van der Waals surface area contributed by atoms with E-state index >= 15 is 0 Å². The van der Waals surface area contributed by atoms with Crippen LogP contribution in [0.5, 0.6) is 11.5 Å². The number of anilines is 1. The lowest BCUT2D eigenvalue weighted by molar-refractivity contribution is -0.117. The predicted octanol–water partition coefficient (Wildman–Crippen LogP) is 4.22. The summed E-state index contributed by atoms with van der Waals surface area (Å²) in [4.78, 5) is 13.6. The Kier molecular flexibility index (Phi) is 5.47. The van der Waals surface area contributed by atoms with Crippen LogP contribution in [0.15, 0.2) is 72.8 Å². The number of halogens is 1. The number of nitrogens with zero attached hydrogens (tertiary/aromatic N) is 4. The topological polar surface area (TPSA) is 81.9 Å². The third-order valence-corrected chi connectivity index (χ3v) is 4.26. The maximum Gasteiger partial charge on any atom is 0.248 e. The predicted molar refractivity (Wildman–Crippen MR) is 110 cm³/mol. The molecule has 8 heteroatoms. The average Bonchev–Trinajstić information content (AvgIpc) is 3.20. The first-order valence-electron chi connectivity index (χ1n) is 9.24. The molecule has 0 saturated heterocycles. The molecule has 4 aromatic rings. The molecule has 1 N–H and O–H groups in total. The summed E-state index contributed by atoms with van der Waals surface area (Å²) in [6.07, 6.45) is 0. The van der Waals surface area contributed by atoms with Crippen molar-refractivity contribution in [3.05, 3.63) is 84.2 Å². The minimum absolute atomic E-state index is 0.0507. The highest BCUT2D eigenvalue weighted by Crippen LogP contribution is 2.31. The van der Waals surface area contributed by atoms with Crippen LogP contribution in [0.25, 0.3) is 11.4 Å². The molecule has 1 amide bonds. The second kappa shape index (κ2) is 8.52. The molecule has 7 nitrogen and oxygen atoms in total. The van der Waals surface area contributed by atoms with E-state index in [1.165, 1.54) is 12.1 Å². The molecule has 0 radical (unpaired) electrons. The van der Waals surface area contributed by atoms with E-state index in [9.17, 15) is 9.18 Å². The Morgan fingerprint density at radius 3 is 2.57 bits per heavy atom. The van der Waals surface area contributed by atoms with Crippen molar-refractivity contribution in [2.24, 2.45) is 0 Å². The number of carbonyl (C=O) groups is 1. The van der Waals surface area contributed by atoms with Gasteiger partial charge in [0.05, 0.1) is 0 Å². The first kappa shape index (κ1) is 19.3. The van der Waals surface area contributed by atoms with Gasteiger partial charge in [0.25, 0.3) is 0 Å². The summed E-state index contributed by atoms with van der Waals surface area (Å²) in [6.45, 7) is 1.76. The van der Waals surface area contributed by atoms with Crippen molar-refractivity contribution in [2.45, 2.75) is 13.5 Å². The summed E-state index contributed by atoms with van der Waals surface area (Å²) in [5, 5.41) is 14.6. The number of benzene rings is 3. The molecule has 0 aliphatic heterocycles. The zero-order valence-corrected chi connectivity index (χ0v) is 16.1. The Labute approximate surface area is 172 Å². The number of carbonyl (C=O) groups excluding carboxylic acids is 1. The number of tetrazole rings is 1. The van der Waals surface area contributed by atoms with E-state index in [0.29, 0.717) is 11.6 Å². The summed E-state index contributed by atoms with van der Waals surface area (Å²) in [7, 11) is 0. The maximum absolute atomic E-state index is 14.4. The normalized spacial score (nSPS) is 10.6. The third-order valence-electron chi connectivity index (χ3n) is 4.26. The van der Waals surface area contributed by atoms with Gasteiger partial charge in [-0.25, -0.2) is 4.39 Å². The van der Waals surface area contributed by atoms with E-state index in [-0.39, 0.29) is 18.0 Å². The largest absolute Gasteiger partial charge is 0.455 e. The number of aromatic nitrogens is 4. The van der Waals surface area contributed by atoms with Crippen molar-refractivity contribution < 1.29 is 13.9 Å². The highest BCUT2D eigenvalue weighted by molar-refractivity contribution is 5.92. The molecular weight excluding hydrogens is 385 g/mol. The van der Waals surface area contributed by atoms with Gasteiger partial charge in [0.2, 0.25) is 11.7 Å². The molecular formula is C22H18FN5O2. The second-order valence-corrected chi connectivity index (χ2v) is 6.59. The van der Waals surface area contributed by atoms with Crippen LogP contribution >= 0.6 is 0 Å². The van der Waals surface area contributed by atoms with Crippen LogP contribution in [0.3, 0.4) is 0 Å². The Morgan fingerprint density at radius 2 is 1.80 bits per heavy atom. The molecule has 0 bridgehead atoms. The highest BCUT2D eigenvalue weighted by Gasteiger charge is 2.15. The van der Waals surface area contributed by atoms with Gasteiger partial charge in [0.15, 0.2) is 11.6 Å². The Bertz CT molecular complexity index is 1160. The van der Waals surface area contributed by atoms with E-state index in [1.807, 2.05) is 37.3 Å². The van der Waals surface area contributed by atoms with Gasteiger partial charge in [0.1, 0.15) is 18.0 Å². The Balaban J connectivity index is 1.47. The zero-order chi connectivity index (χ0) is 20.9. The van der Waals surface area contributed by atoms with Crippen molar-refractivity contribution in [2.75, 3.05) is 5.32 Å². The summed E-state index contributed by atoms with van der Waals surface area (Å²) in [5.41, 5.74) is 1.86. The van der Waals surface area contributed by atoms with Crippen LogP contribution in [-0.4, -0.2) is 26.1 Å². The third kappa shape index (κ3) is 4.49. The van der Waals surface area contributed by atoms with Gasteiger partial charge < -0.3 is 10.1 Å². The van der Waals surface area contributed by atoms with Crippen molar-refractivity contribution in [3.63, 3.8) is 0 Å². The molecule has 0 aliphatic rings. The highest BCUT2D eigenvalue weighted by atomic mass is 19.1. The molecule has 1 heterocycles. The van der Waals surface area contributed by atoms with E-state index < -0.39 is 11.7 Å². The van der Waals surface area contributed by atoms with Crippen molar-refractivity contribution in [3.8, 4) is 22.9 Å². The maximum atomic E-state index is 14.4. The van der Waals surface area contributed by atoms with Crippen LogP contribution in [0, 0.1) is 12.7 Å². The summed E-state index contributed by atoms with van der Waals surface area (Å²) in [6, 6.07) is 20.9. The molecule has 3 aromatic carbocycles. The van der Waals surface area contributed by atoms with Gasteiger partial charge in [0, 0.05) is 5.56 Å². The number of para-hydroxylation sites is 2. The van der Waals surface area contributed by atoms with E-state index in [0.717, 1.165) is 15.9 Å². The second-order valence-electron chi connectivity index (χ2n) is 6.59. The van der Waals surface area contributed by atoms with Gasteiger partial charge in [-0.15, -0.1) is 10.2 Å².